The Hall–Kier alpha value is -2.63. The molecule has 0 saturated carbocycles. The van der Waals surface area contributed by atoms with Crippen molar-refractivity contribution in [3.05, 3.63) is 29.3 Å². The van der Waals surface area contributed by atoms with E-state index in [4.69, 9.17) is 27.1 Å². The topological polar surface area (TPSA) is 66.3 Å². The zero-order valence-corrected chi connectivity index (χ0v) is 13.3. The van der Waals surface area contributed by atoms with E-state index in [1.165, 1.54) is 30.2 Å². The third-order valence-corrected chi connectivity index (χ3v) is 3.88. The van der Waals surface area contributed by atoms with Gasteiger partial charge >= 0.3 is 149 Å². The van der Waals surface area contributed by atoms with E-state index in [1.54, 1.807) is 18.2 Å². The third kappa shape index (κ3) is 3.04. The Morgan fingerprint density at radius 1 is 1.32 bits per heavy atom. The van der Waals surface area contributed by atoms with Crippen LogP contribution in [0.15, 0.2) is 28.3 Å². The molecule has 3 radical (unpaired) electrons. The van der Waals surface area contributed by atoms with Gasteiger partial charge in [-0.05, 0) is 0 Å². The summed E-state index contributed by atoms with van der Waals surface area (Å²) in [6.45, 7) is 3.55. The number of hydrogen-bond acceptors (Lipinski definition) is 5. The summed E-state index contributed by atoms with van der Waals surface area (Å²) in [5.41, 5.74) is 1.76. The molecule has 2 atom stereocenters. The minimum absolute atomic E-state index is 0.302. The van der Waals surface area contributed by atoms with E-state index in [-0.39, 0.29) is 5.91 Å². The van der Waals surface area contributed by atoms with E-state index in [2.05, 4.69) is 21.9 Å². The second-order valence-corrected chi connectivity index (χ2v) is 5.28. The van der Waals surface area contributed by atoms with Crippen LogP contribution in [-0.4, -0.2) is 88.6 Å². The summed E-state index contributed by atoms with van der Waals surface area (Å²) in [5.74, 6) is 3.26. The van der Waals surface area contributed by atoms with Gasteiger partial charge in [0.1, 0.15) is 0 Å². The van der Waals surface area contributed by atoms with Crippen LogP contribution in [0.4, 0.5) is 0 Å². The number of aliphatic imine (C=N–C) groups is 1. The minimum atomic E-state index is -0.684. The summed E-state index contributed by atoms with van der Waals surface area (Å²) < 4.78 is 5.41. The molecule has 6 nitrogen and oxygen atoms in total. The van der Waals surface area contributed by atoms with Crippen molar-refractivity contribution < 1.29 is 9.45 Å². The summed E-state index contributed by atoms with van der Waals surface area (Å²) >= 11 is 0. The van der Waals surface area contributed by atoms with Gasteiger partial charge in [0.05, 0.1) is 0 Å². The number of amides is 1. The average Bonchev–Trinajstić information content (AvgIpc) is 3.00. The Morgan fingerprint density at radius 2 is 2.12 bits per heavy atom. The number of carbonyl (C=O) groups excluding carboxylic acids is 1. The Balaban J connectivity index is 2.10. The Morgan fingerprint density at radius 3 is 2.76 bits per heavy atom. The van der Waals surface area contributed by atoms with Gasteiger partial charge in [-0.1, -0.05) is 0 Å². The van der Waals surface area contributed by atoms with E-state index in [0.29, 0.717) is 22.9 Å². The molecule has 1 aromatic carbocycles. The first-order valence-corrected chi connectivity index (χ1v) is 7.45. The van der Waals surface area contributed by atoms with Gasteiger partial charge in [0.25, 0.3) is 0 Å². The van der Waals surface area contributed by atoms with Crippen molar-refractivity contribution in [1.29, 1.82) is 0 Å². The van der Waals surface area contributed by atoms with Gasteiger partial charge in [-0.25, -0.2) is 0 Å². The van der Waals surface area contributed by atoms with Crippen LogP contribution in [0.1, 0.15) is 11.1 Å². The molecule has 1 aromatic rings. The van der Waals surface area contributed by atoms with E-state index in [1.807, 2.05) is 0 Å². The molecule has 2 aliphatic rings. The zero-order chi connectivity index (χ0) is 18.0. The average molecular weight is 323 g/mol. The van der Waals surface area contributed by atoms with Crippen LogP contribution in [0.5, 0.6) is 5.75 Å². The van der Waals surface area contributed by atoms with E-state index < -0.39 is 12.1 Å². The van der Waals surface area contributed by atoms with Crippen LogP contribution in [0.25, 0.3) is 0 Å². The third-order valence-electron chi connectivity index (χ3n) is 3.88. The molecule has 3 rings (SSSR count). The molecule has 0 bridgehead atoms. The standard InChI is InChI=1S/C15H11B4N4O2/c1-19-25-11-3-2-8(5-16)4-9(11)14-20-12-10(6-17)22-23(7-18)13(12)15(24)21-14/h2-7,12-13H,1H2,(H,20,21,24). The first kappa shape index (κ1) is 17.2. The summed E-state index contributed by atoms with van der Waals surface area (Å²) in [6, 6.07) is 3.99. The van der Waals surface area contributed by atoms with Crippen molar-refractivity contribution in [3.63, 3.8) is 0 Å². The van der Waals surface area contributed by atoms with Crippen LogP contribution in [0.2, 0.25) is 0 Å². The SMILES string of the molecule is [B]=CC1=NN(C=[B])C2C(=O)NC(c3cc(C=[B])ccc3OB=C)=NC12. The number of nitrogens with one attached hydrogen (secondary N) is 1. The van der Waals surface area contributed by atoms with Crippen molar-refractivity contribution in [2.45, 2.75) is 12.1 Å². The number of carbonyl (C=O) groups is 1. The molecule has 0 spiro atoms. The van der Waals surface area contributed by atoms with Crippen LogP contribution in [0.3, 0.4) is 0 Å². The van der Waals surface area contributed by atoms with Crippen molar-refractivity contribution in [1.82, 2.24) is 10.3 Å². The molecule has 1 amide bonds. The predicted molar refractivity (Wildman–Crippen MR) is 106 cm³/mol. The molecule has 0 saturated heterocycles. The van der Waals surface area contributed by atoms with Gasteiger partial charge in [0, 0.05) is 0 Å². The maximum atomic E-state index is 12.6. The molecule has 115 valence electrons. The molecule has 0 aliphatic carbocycles. The maximum absolute atomic E-state index is 12.6. The van der Waals surface area contributed by atoms with Gasteiger partial charge < -0.3 is 0 Å². The Bertz CT molecular complexity index is 852. The van der Waals surface area contributed by atoms with Gasteiger partial charge in [-0.15, -0.1) is 0 Å². The summed E-state index contributed by atoms with van der Waals surface area (Å²) in [7, 11) is 18.0. The van der Waals surface area contributed by atoms with E-state index in [9.17, 15) is 4.79 Å². The molecular formula is C15H11B4N4O2. The number of fused-ring (bicyclic) bond motifs is 1. The first-order valence-electron chi connectivity index (χ1n) is 7.45. The summed E-state index contributed by atoms with van der Waals surface area (Å²) in [6.07, 6.45) is 1.21. The Kier molecular flexibility index (Phi) is 4.88. The molecule has 2 aliphatic heterocycles. The van der Waals surface area contributed by atoms with Crippen LogP contribution < -0.4 is 9.97 Å². The second kappa shape index (κ2) is 7.09. The summed E-state index contributed by atoms with van der Waals surface area (Å²) in [4.78, 5) is 17.2. The molecule has 1 N–H and O–H groups in total. The molecule has 0 aromatic heterocycles. The number of hydrazone groups is 1. The molecule has 0 fully saturated rings. The van der Waals surface area contributed by atoms with Gasteiger partial charge in [0.2, 0.25) is 0 Å². The molecule has 2 heterocycles. The number of rotatable bonds is 6. The predicted octanol–water partition coefficient (Wildman–Crippen LogP) is -2.38. The molecule has 25 heavy (non-hydrogen) atoms. The number of benzene rings is 1. The van der Waals surface area contributed by atoms with Crippen molar-refractivity contribution in [3.8, 4) is 5.75 Å². The fourth-order valence-corrected chi connectivity index (χ4v) is 2.75. The zero-order valence-electron chi connectivity index (χ0n) is 13.3. The van der Waals surface area contributed by atoms with Crippen LogP contribution >= 0.6 is 0 Å². The first-order chi connectivity index (χ1) is 12.1. The monoisotopic (exact) mass is 323 g/mol. The van der Waals surface area contributed by atoms with Crippen LogP contribution in [-0.2, 0) is 4.79 Å². The second-order valence-electron chi connectivity index (χ2n) is 5.28. The van der Waals surface area contributed by atoms with Crippen molar-refractivity contribution >= 4 is 71.5 Å². The van der Waals surface area contributed by atoms with E-state index in [0.717, 1.165) is 5.56 Å². The number of amidine groups is 1. The Labute approximate surface area is 149 Å². The van der Waals surface area contributed by atoms with E-state index >= 15 is 0 Å². The van der Waals surface area contributed by atoms with Crippen molar-refractivity contribution in [2.75, 3.05) is 0 Å². The fraction of sp³-hybridized carbons (Fsp3) is 0.133. The molecule has 2 unspecified atom stereocenters. The molecular weight excluding hydrogens is 311 g/mol. The number of nitrogens with zero attached hydrogens (tertiary/aromatic N) is 3. The van der Waals surface area contributed by atoms with Gasteiger partial charge in [-0.2, -0.15) is 0 Å². The summed E-state index contributed by atoms with van der Waals surface area (Å²) in [5, 5.41) is 8.29. The fourth-order valence-electron chi connectivity index (χ4n) is 2.75. The van der Waals surface area contributed by atoms with Crippen LogP contribution in [0, 0.1) is 0 Å². The van der Waals surface area contributed by atoms with Crippen molar-refractivity contribution in [2.24, 2.45) is 10.1 Å². The van der Waals surface area contributed by atoms with Gasteiger partial charge in [-0.3, -0.25) is 0 Å². The normalized spacial score (nSPS) is 21.2. The molecule has 10 heteroatoms. The number of hydrogen-bond donors (Lipinski definition) is 1. The quantitative estimate of drug-likeness (QED) is 0.595. The van der Waals surface area contributed by atoms with Gasteiger partial charge in [0.15, 0.2) is 0 Å².